The Morgan fingerprint density at radius 3 is 2.52 bits per heavy atom. The van der Waals surface area contributed by atoms with Crippen molar-refractivity contribution in [2.75, 3.05) is 31.5 Å². The number of nitrogen functional groups attached to an aromatic ring is 1. The number of nitrogens with zero attached hydrogens (tertiary/aromatic N) is 3. The molecule has 6 N–H and O–H groups in total. The number of H-pyrrole nitrogens is 1. The Balaban J connectivity index is 0.000000542. The second kappa shape index (κ2) is 16.7. The molecular formula is C20H38N5O5S+. The van der Waals surface area contributed by atoms with Crippen molar-refractivity contribution in [3.8, 4) is 0 Å². The predicted molar refractivity (Wildman–Crippen MR) is 125 cm³/mol. The quantitative estimate of drug-likeness (QED) is 0.201. The normalized spacial score (nSPS) is 14.1. The predicted octanol–water partition coefficient (Wildman–Crippen LogP) is 1.56. The Morgan fingerprint density at radius 2 is 1.97 bits per heavy atom. The van der Waals surface area contributed by atoms with Gasteiger partial charge in [0.2, 0.25) is 0 Å². The zero-order valence-electron chi connectivity index (χ0n) is 18.9. The highest BCUT2D eigenvalue weighted by atomic mass is 32.2. The Hall–Kier alpha value is -1.95. The van der Waals surface area contributed by atoms with Crippen LogP contribution in [-0.4, -0.2) is 78.7 Å². The Kier molecular flexibility index (Phi) is 15.7. The first-order chi connectivity index (χ1) is 15.0. The third-order valence-corrected chi connectivity index (χ3v) is 5.71. The minimum Gasteiger partial charge on any atom is -0.481 e. The maximum Gasteiger partial charge on any atom is 0.303 e. The van der Waals surface area contributed by atoms with Crippen LogP contribution in [0.2, 0.25) is 0 Å². The van der Waals surface area contributed by atoms with Gasteiger partial charge in [0.1, 0.15) is 23.3 Å². The number of nitrogens with two attached hydrogens (primary N) is 1. The maximum absolute atomic E-state index is 10.3. The molecule has 0 spiro atoms. The van der Waals surface area contributed by atoms with Gasteiger partial charge in [-0.25, -0.2) is 15.0 Å². The molecule has 0 aliphatic heterocycles. The van der Waals surface area contributed by atoms with Crippen LogP contribution in [0.3, 0.4) is 0 Å². The zero-order chi connectivity index (χ0) is 23.7. The summed E-state index contributed by atoms with van der Waals surface area (Å²) in [6.07, 6.45) is 9.15. The molecule has 1 unspecified atom stereocenters. The van der Waals surface area contributed by atoms with Gasteiger partial charge >= 0.3 is 5.97 Å². The fourth-order valence-corrected chi connectivity index (χ4v) is 3.89. The fourth-order valence-electron chi connectivity index (χ4n) is 2.88. The molecule has 11 heteroatoms. The molecule has 0 saturated heterocycles. The van der Waals surface area contributed by atoms with Crippen LogP contribution in [0.25, 0.3) is 11.2 Å². The van der Waals surface area contributed by atoms with Gasteiger partial charge in [0.15, 0.2) is 11.5 Å². The van der Waals surface area contributed by atoms with E-state index in [1.165, 1.54) is 50.1 Å². The van der Waals surface area contributed by atoms with Gasteiger partial charge in [-0.1, -0.05) is 13.3 Å². The van der Waals surface area contributed by atoms with Crippen molar-refractivity contribution in [3.63, 3.8) is 0 Å². The van der Waals surface area contributed by atoms with Crippen LogP contribution in [0.1, 0.15) is 52.4 Å². The highest BCUT2D eigenvalue weighted by molar-refractivity contribution is 7.78. The highest BCUT2D eigenvalue weighted by Crippen LogP contribution is 2.44. The van der Waals surface area contributed by atoms with Crippen LogP contribution in [0.4, 0.5) is 5.82 Å². The number of anilines is 1. The van der Waals surface area contributed by atoms with Crippen molar-refractivity contribution < 1.29 is 24.9 Å². The van der Waals surface area contributed by atoms with Gasteiger partial charge < -0.3 is 30.8 Å². The molecule has 2 aromatic rings. The summed E-state index contributed by atoms with van der Waals surface area (Å²) in [5.74, 6) is 1.75. The number of imidazole rings is 1. The number of hydrogen-bond donors (Lipinski definition) is 5. The van der Waals surface area contributed by atoms with E-state index in [0.29, 0.717) is 29.5 Å². The third-order valence-electron chi connectivity index (χ3n) is 4.31. The number of carbonyl (C=O) groups is 1. The molecule has 0 bridgehead atoms. The number of hydrogen-bond acceptors (Lipinski definition) is 8. The standard InChI is InChI=1S/C13H24O3S.C5H5N5.2CH4O/c1-3-6-13(7-8-13)16-11(2)10-17-9-4-5-12(14)15;6-4-3-5(9-1-7-3)10-2-8-4;2*1-2/h11H,3-10H2,1-2H3,(H,14,15);1-2H,(H3,6,7,8,9,10);2*2H,1H3/p+1. The summed E-state index contributed by atoms with van der Waals surface area (Å²) in [6, 6.07) is 0. The van der Waals surface area contributed by atoms with Gasteiger partial charge in [0, 0.05) is 27.1 Å². The van der Waals surface area contributed by atoms with Gasteiger partial charge in [0.05, 0.1) is 18.0 Å². The number of carboxylic acid groups (broad SMARTS) is 1. The lowest BCUT2D eigenvalue weighted by atomic mass is 10.2. The second-order valence-corrected chi connectivity index (χ2v) is 8.11. The number of aliphatic hydroxyl groups excluding tert-OH is 2. The molecule has 3 rings (SSSR count). The Bertz CT molecular complexity index is 727. The maximum atomic E-state index is 10.3. The monoisotopic (exact) mass is 460 g/mol. The van der Waals surface area contributed by atoms with Crippen molar-refractivity contribution in [2.45, 2.75) is 64.1 Å². The van der Waals surface area contributed by atoms with E-state index in [0.717, 1.165) is 32.1 Å². The summed E-state index contributed by atoms with van der Waals surface area (Å²) in [5.41, 5.74) is 6.99. The van der Waals surface area contributed by atoms with Gasteiger partial charge in [-0.3, -0.25) is 4.79 Å². The molecule has 10 nitrogen and oxygen atoms in total. The molecule has 1 atom stereocenters. The smallest absolute Gasteiger partial charge is 0.303 e. The number of rotatable bonds is 10. The number of nitrogens with one attached hydrogen (secondary N) is 1. The van der Waals surface area contributed by atoms with Gasteiger partial charge in [-0.05, 0) is 37.9 Å². The van der Waals surface area contributed by atoms with Crippen molar-refractivity contribution in [3.05, 3.63) is 12.7 Å². The minimum atomic E-state index is -0.690. The first kappa shape index (κ1) is 29.1. The molecular weight excluding hydrogens is 422 g/mol. The topological polar surface area (TPSA) is 167 Å². The number of aromatic nitrogens is 4. The molecule has 178 valence electrons. The number of carboxylic acids is 1. The molecule has 1 aliphatic rings. The number of ether oxygens (including phenoxy) is 1. The van der Waals surface area contributed by atoms with Gasteiger partial charge in [-0.2, -0.15) is 0 Å². The van der Waals surface area contributed by atoms with E-state index in [1.807, 2.05) is 0 Å². The fraction of sp³-hybridized carbons (Fsp3) is 0.700. The van der Waals surface area contributed by atoms with Crippen LogP contribution >= 0.6 is 0 Å². The van der Waals surface area contributed by atoms with E-state index in [1.54, 1.807) is 0 Å². The lowest BCUT2D eigenvalue weighted by molar-refractivity contribution is -0.137. The molecule has 1 fully saturated rings. The Morgan fingerprint density at radius 1 is 1.29 bits per heavy atom. The lowest BCUT2D eigenvalue weighted by Crippen LogP contribution is -2.25. The van der Waals surface area contributed by atoms with Gasteiger partial charge in [-0.15, -0.1) is 0 Å². The van der Waals surface area contributed by atoms with Crippen LogP contribution < -0.4 is 5.73 Å². The zero-order valence-corrected chi connectivity index (χ0v) is 19.8. The van der Waals surface area contributed by atoms with E-state index < -0.39 is 5.97 Å². The number of aliphatic carboxylic acids is 1. The van der Waals surface area contributed by atoms with E-state index >= 15 is 0 Å². The van der Waals surface area contributed by atoms with Crippen molar-refractivity contribution in [1.29, 1.82) is 0 Å². The molecule has 0 amide bonds. The summed E-state index contributed by atoms with van der Waals surface area (Å²) in [6.45, 7) is 4.35. The van der Waals surface area contributed by atoms with Crippen LogP contribution in [0.15, 0.2) is 12.7 Å². The summed E-state index contributed by atoms with van der Waals surface area (Å²) in [4.78, 5) is 24.7. The highest BCUT2D eigenvalue weighted by Gasteiger charge is 2.44. The molecule has 31 heavy (non-hydrogen) atoms. The first-order valence-corrected chi connectivity index (χ1v) is 11.5. The largest absolute Gasteiger partial charge is 0.481 e. The van der Waals surface area contributed by atoms with Crippen LogP contribution in [0, 0.1) is 0 Å². The number of thiol groups is 1. The van der Waals surface area contributed by atoms with Crippen molar-refractivity contribution in [2.24, 2.45) is 0 Å². The van der Waals surface area contributed by atoms with Crippen molar-refractivity contribution >= 4 is 34.7 Å². The first-order valence-electron chi connectivity index (χ1n) is 10.3. The van der Waals surface area contributed by atoms with E-state index in [-0.39, 0.29) is 5.60 Å². The van der Waals surface area contributed by atoms with E-state index in [2.05, 4.69) is 33.8 Å². The molecule has 1 aliphatic carbocycles. The molecule has 0 radical (unpaired) electrons. The van der Waals surface area contributed by atoms with E-state index in [9.17, 15) is 4.79 Å². The molecule has 2 aromatic heterocycles. The second-order valence-electron chi connectivity index (χ2n) is 6.85. The number of aromatic amines is 1. The molecule has 2 heterocycles. The van der Waals surface area contributed by atoms with Crippen LogP contribution in [-0.2, 0) is 21.3 Å². The van der Waals surface area contributed by atoms with Crippen LogP contribution in [0.5, 0.6) is 0 Å². The van der Waals surface area contributed by atoms with Crippen molar-refractivity contribution in [1.82, 2.24) is 19.9 Å². The summed E-state index contributed by atoms with van der Waals surface area (Å²) >= 11 is 1.32. The minimum absolute atomic E-state index is 0.213. The SMILES string of the molecule is CCCC1(OC(C)C[SH+]CCCC(=O)O)CC1.CO.CO.Nc1ncnc2nc[nH]c12. The molecule has 1 saturated carbocycles. The summed E-state index contributed by atoms with van der Waals surface area (Å²) < 4.78 is 6.09. The average Bonchev–Trinajstić information content (AvgIpc) is 3.33. The summed E-state index contributed by atoms with van der Waals surface area (Å²) in [7, 11) is 2.00. The number of fused-ring (bicyclic) bond motifs is 1. The third kappa shape index (κ3) is 11.9. The average molecular weight is 461 g/mol. The summed E-state index contributed by atoms with van der Waals surface area (Å²) in [5, 5.41) is 22.5. The molecule has 0 aromatic carbocycles. The van der Waals surface area contributed by atoms with E-state index in [4.69, 9.17) is 25.8 Å². The Labute approximate surface area is 188 Å². The lowest BCUT2D eigenvalue weighted by Gasteiger charge is -2.19. The number of aliphatic hydroxyl groups is 2. The van der Waals surface area contributed by atoms with Gasteiger partial charge in [0.25, 0.3) is 0 Å².